The largest absolute Gasteiger partial charge is 0.493 e. The van der Waals surface area contributed by atoms with Crippen molar-refractivity contribution in [2.24, 2.45) is 0 Å². The van der Waals surface area contributed by atoms with Gasteiger partial charge in [0.1, 0.15) is 0 Å². The summed E-state index contributed by atoms with van der Waals surface area (Å²) >= 11 is 1.58. The van der Waals surface area contributed by atoms with Crippen molar-refractivity contribution in [2.45, 2.75) is 19.3 Å². The Labute approximate surface area is 162 Å². The molecule has 0 fully saturated rings. The van der Waals surface area contributed by atoms with Crippen LogP contribution in [0.2, 0.25) is 0 Å². The number of ether oxygens (including phenoxy) is 2. The van der Waals surface area contributed by atoms with Crippen LogP contribution >= 0.6 is 11.3 Å². The van der Waals surface area contributed by atoms with Gasteiger partial charge >= 0.3 is 0 Å². The van der Waals surface area contributed by atoms with Crippen LogP contribution in [-0.4, -0.2) is 30.1 Å². The van der Waals surface area contributed by atoms with Crippen LogP contribution < -0.4 is 14.8 Å². The van der Waals surface area contributed by atoms with Gasteiger partial charge in [-0.15, -0.1) is 11.3 Å². The van der Waals surface area contributed by atoms with Crippen LogP contribution in [0.1, 0.15) is 16.3 Å². The number of benzene rings is 1. The van der Waals surface area contributed by atoms with Crippen molar-refractivity contribution in [3.05, 3.63) is 64.4 Å². The van der Waals surface area contributed by atoms with Crippen molar-refractivity contribution < 1.29 is 14.3 Å². The van der Waals surface area contributed by atoms with Gasteiger partial charge in [0, 0.05) is 35.9 Å². The molecular formula is C20H21N3O3S. The second-order valence-corrected chi connectivity index (χ2v) is 6.83. The third kappa shape index (κ3) is 5.27. The highest BCUT2D eigenvalue weighted by molar-refractivity contribution is 7.09. The Morgan fingerprint density at radius 1 is 1.07 bits per heavy atom. The zero-order valence-electron chi connectivity index (χ0n) is 15.3. The van der Waals surface area contributed by atoms with Gasteiger partial charge in [-0.1, -0.05) is 0 Å². The molecule has 0 bridgehead atoms. The van der Waals surface area contributed by atoms with Crippen LogP contribution in [0.15, 0.2) is 48.1 Å². The Kier molecular flexibility index (Phi) is 6.38. The first kappa shape index (κ1) is 18.8. The molecule has 2 aromatic heterocycles. The molecule has 0 spiro atoms. The summed E-state index contributed by atoms with van der Waals surface area (Å²) in [6.07, 6.45) is 5.58. The molecule has 2 heterocycles. The first-order chi connectivity index (χ1) is 13.2. The SMILES string of the molecule is COc1ccc(NC(=O)Cc2csc(CCc3ccncc3)n2)cc1OC. The van der Waals surface area contributed by atoms with Crippen molar-refractivity contribution in [3.63, 3.8) is 0 Å². The number of nitrogens with one attached hydrogen (secondary N) is 1. The summed E-state index contributed by atoms with van der Waals surface area (Å²) in [6, 6.07) is 9.28. The summed E-state index contributed by atoms with van der Waals surface area (Å²) < 4.78 is 10.5. The van der Waals surface area contributed by atoms with E-state index in [1.54, 1.807) is 56.1 Å². The minimum absolute atomic E-state index is 0.117. The Bertz CT molecular complexity index is 896. The van der Waals surface area contributed by atoms with Crippen LogP contribution in [0.3, 0.4) is 0 Å². The fraction of sp³-hybridized carbons (Fsp3) is 0.250. The highest BCUT2D eigenvalue weighted by Crippen LogP contribution is 2.29. The van der Waals surface area contributed by atoms with Gasteiger partial charge in [0.05, 0.1) is 31.3 Å². The molecule has 0 unspecified atom stereocenters. The van der Waals surface area contributed by atoms with Gasteiger partial charge < -0.3 is 14.8 Å². The summed E-state index contributed by atoms with van der Waals surface area (Å²) in [6.45, 7) is 0. The Morgan fingerprint density at radius 2 is 1.85 bits per heavy atom. The number of nitrogens with zero attached hydrogens (tertiary/aromatic N) is 2. The molecule has 0 atom stereocenters. The van der Waals surface area contributed by atoms with Gasteiger partial charge in [0.25, 0.3) is 0 Å². The number of amides is 1. The van der Waals surface area contributed by atoms with Crippen molar-refractivity contribution in [2.75, 3.05) is 19.5 Å². The van der Waals surface area contributed by atoms with Gasteiger partial charge in [-0.25, -0.2) is 4.98 Å². The van der Waals surface area contributed by atoms with Gasteiger partial charge in [-0.3, -0.25) is 9.78 Å². The maximum absolute atomic E-state index is 12.3. The van der Waals surface area contributed by atoms with Gasteiger partial charge in [0.2, 0.25) is 5.91 Å². The maximum atomic E-state index is 12.3. The monoisotopic (exact) mass is 383 g/mol. The van der Waals surface area contributed by atoms with Gasteiger partial charge in [0.15, 0.2) is 11.5 Å². The molecule has 3 aromatic rings. The number of hydrogen-bond acceptors (Lipinski definition) is 6. The maximum Gasteiger partial charge on any atom is 0.230 e. The van der Waals surface area contributed by atoms with Crippen molar-refractivity contribution in [1.29, 1.82) is 0 Å². The van der Waals surface area contributed by atoms with Crippen molar-refractivity contribution >= 4 is 22.9 Å². The number of thiazole rings is 1. The number of anilines is 1. The van der Waals surface area contributed by atoms with E-state index in [0.717, 1.165) is 23.5 Å². The van der Waals surface area contributed by atoms with E-state index >= 15 is 0 Å². The zero-order valence-corrected chi connectivity index (χ0v) is 16.1. The fourth-order valence-electron chi connectivity index (χ4n) is 2.63. The molecule has 0 saturated heterocycles. The first-order valence-corrected chi connectivity index (χ1v) is 9.40. The molecule has 0 aliphatic heterocycles. The summed E-state index contributed by atoms with van der Waals surface area (Å²) in [5.41, 5.74) is 2.67. The molecule has 0 radical (unpaired) electrons. The Morgan fingerprint density at radius 3 is 2.59 bits per heavy atom. The van der Waals surface area contributed by atoms with E-state index in [9.17, 15) is 4.79 Å². The van der Waals surface area contributed by atoms with E-state index in [2.05, 4.69) is 15.3 Å². The predicted molar refractivity (Wildman–Crippen MR) is 106 cm³/mol. The molecule has 0 aliphatic rings. The van der Waals surface area contributed by atoms with E-state index in [1.807, 2.05) is 17.5 Å². The minimum Gasteiger partial charge on any atom is -0.493 e. The quantitative estimate of drug-likeness (QED) is 0.644. The van der Waals surface area contributed by atoms with Crippen LogP contribution in [0.4, 0.5) is 5.69 Å². The first-order valence-electron chi connectivity index (χ1n) is 8.52. The second-order valence-electron chi connectivity index (χ2n) is 5.88. The lowest BCUT2D eigenvalue weighted by Crippen LogP contribution is -2.14. The number of aromatic nitrogens is 2. The number of carbonyl (C=O) groups excluding carboxylic acids is 1. The van der Waals surface area contributed by atoms with Gasteiger partial charge in [-0.05, 0) is 36.2 Å². The summed E-state index contributed by atoms with van der Waals surface area (Å²) in [7, 11) is 3.14. The predicted octanol–water partition coefficient (Wildman–Crippen LogP) is 3.52. The highest BCUT2D eigenvalue weighted by atomic mass is 32.1. The van der Waals surface area contributed by atoms with Crippen LogP contribution in [0.5, 0.6) is 11.5 Å². The van der Waals surface area contributed by atoms with Crippen LogP contribution in [-0.2, 0) is 24.1 Å². The minimum atomic E-state index is -0.117. The molecule has 3 rings (SSSR count). The molecule has 7 heteroatoms. The molecule has 1 N–H and O–H groups in total. The lowest BCUT2D eigenvalue weighted by atomic mass is 10.1. The van der Waals surface area contributed by atoms with E-state index in [1.165, 1.54) is 5.56 Å². The zero-order chi connectivity index (χ0) is 19.1. The Balaban J connectivity index is 1.54. The van der Waals surface area contributed by atoms with E-state index < -0.39 is 0 Å². The molecular weight excluding hydrogens is 362 g/mol. The van der Waals surface area contributed by atoms with Gasteiger partial charge in [-0.2, -0.15) is 0 Å². The van der Waals surface area contributed by atoms with E-state index in [-0.39, 0.29) is 12.3 Å². The summed E-state index contributed by atoms with van der Waals surface area (Å²) in [4.78, 5) is 20.9. The summed E-state index contributed by atoms with van der Waals surface area (Å²) in [5.74, 6) is 1.07. The highest BCUT2D eigenvalue weighted by Gasteiger charge is 2.10. The number of aryl methyl sites for hydroxylation is 2. The lowest BCUT2D eigenvalue weighted by Gasteiger charge is -2.10. The van der Waals surface area contributed by atoms with E-state index in [0.29, 0.717) is 17.2 Å². The number of pyridine rings is 1. The fourth-order valence-corrected chi connectivity index (χ4v) is 3.43. The standard InChI is InChI=1S/C20H21N3O3S/c1-25-17-5-4-15(11-18(17)26-2)22-19(24)12-16-13-27-20(23-16)6-3-14-7-9-21-10-8-14/h4-5,7-11,13H,3,6,12H2,1-2H3,(H,22,24). The second kappa shape index (κ2) is 9.14. The van der Waals surface area contributed by atoms with E-state index in [4.69, 9.17) is 9.47 Å². The summed E-state index contributed by atoms with van der Waals surface area (Å²) in [5, 5.41) is 5.84. The molecule has 1 aromatic carbocycles. The molecule has 6 nitrogen and oxygen atoms in total. The average molecular weight is 383 g/mol. The Hall–Kier alpha value is -2.93. The topological polar surface area (TPSA) is 73.3 Å². The molecule has 140 valence electrons. The molecule has 0 aliphatic carbocycles. The molecule has 27 heavy (non-hydrogen) atoms. The van der Waals surface area contributed by atoms with Crippen molar-refractivity contribution in [3.8, 4) is 11.5 Å². The number of hydrogen-bond donors (Lipinski definition) is 1. The average Bonchev–Trinajstić information content (AvgIpc) is 3.14. The third-order valence-electron chi connectivity index (χ3n) is 3.99. The smallest absolute Gasteiger partial charge is 0.230 e. The number of methoxy groups -OCH3 is 2. The lowest BCUT2D eigenvalue weighted by molar-refractivity contribution is -0.115. The van der Waals surface area contributed by atoms with Crippen LogP contribution in [0, 0.1) is 0 Å². The van der Waals surface area contributed by atoms with Crippen LogP contribution in [0.25, 0.3) is 0 Å². The molecule has 1 amide bonds. The third-order valence-corrected chi connectivity index (χ3v) is 4.94. The molecule has 0 saturated carbocycles. The van der Waals surface area contributed by atoms with Crippen molar-refractivity contribution in [1.82, 2.24) is 9.97 Å². The normalized spacial score (nSPS) is 10.4. The number of rotatable bonds is 8. The number of carbonyl (C=O) groups is 1.